The van der Waals surface area contributed by atoms with Gasteiger partial charge in [-0.1, -0.05) is 6.07 Å². The number of aromatic nitrogens is 3. The molecule has 154 valence electrons. The van der Waals surface area contributed by atoms with E-state index in [1.807, 2.05) is 11.4 Å². The molecule has 2 heterocycles. The highest BCUT2D eigenvalue weighted by Gasteiger charge is 2.28. The molecule has 2 aromatic heterocycles. The van der Waals surface area contributed by atoms with Crippen LogP contribution in [0.25, 0.3) is 16.4 Å². The van der Waals surface area contributed by atoms with Crippen molar-refractivity contribution in [3.63, 3.8) is 0 Å². The Morgan fingerprint density at radius 1 is 1.28 bits per heavy atom. The summed E-state index contributed by atoms with van der Waals surface area (Å²) < 4.78 is 55.6. The van der Waals surface area contributed by atoms with Gasteiger partial charge in [0.25, 0.3) is 5.91 Å². The number of hydrogen-bond donors (Lipinski definition) is 1. The molecule has 11 heteroatoms. The van der Waals surface area contributed by atoms with E-state index in [-0.39, 0.29) is 12.4 Å². The summed E-state index contributed by atoms with van der Waals surface area (Å²) in [6.07, 6.45) is -4.44. The molecule has 0 bridgehead atoms. The van der Waals surface area contributed by atoms with Crippen molar-refractivity contribution in [1.82, 2.24) is 20.1 Å². The van der Waals surface area contributed by atoms with Gasteiger partial charge in [-0.2, -0.15) is 13.2 Å². The van der Waals surface area contributed by atoms with Gasteiger partial charge in [0.15, 0.2) is 5.82 Å². The van der Waals surface area contributed by atoms with E-state index < -0.39 is 30.5 Å². The maximum Gasteiger partial charge on any atom is 0.411 e. The molecule has 1 amide bonds. The van der Waals surface area contributed by atoms with E-state index in [4.69, 9.17) is 0 Å². The Morgan fingerprint density at radius 2 is 2.00 bits per heavy atom. The Hall–Kier alpha value is -2.79. The number of carbonyl (C=O) groups excluding carboxylic acids is 1. The molecule has 3 aromatic rings. The Morgan fingerprint density at radius 3 is 2.62 bits per heavy atom. The zero-order chi connectivity index (χ0) is 21.0. The third-order valence-corrected chi connectivity index (χ3v) is 4.50. The number of amides is 1. The molecule has 3 rings (SSSR count). The maximum atomic E-state index is 13.2. The second kappa shape index (κ2) is 8.70. The summed E-state index contributed by atoms with van der Waals surface area (Å²) >= 11 is 1.38. The standard InChI is InChI=1S/C18H16F4N4O2S/c1-11(9-28-10-18(20,21)22)23-17(27)15-24-16(14-3-2-8-29-14)26(25-15)13-6-4-12(19)5-7-13/h2-8,11H,9-10H2,1H3,(H,23,27). The Kier molecular flexibility index (Phi) is 6.28. The van der Waals surface area contributed by atoms with Crippen LogP contribution in [0.4, 0.5) is 17.6 Å². The Labute approximate surface area is 167 Å². The number of nitrogens with one attached hydrogen (secondary N) is 1. The van der Waals surface area contributed by atoms with E-state index in [0.29, 0.717) is 11.5 Å². The van der Waals surface area contributed by atoms with Gasteiger partial charge in [0.1, 0.15) is 12.4 Å². The number of carbonyl (C=O) groups is 1. The largest absolute Gasteiger partial charge is 0.411 e. The van der Waals surface area contributed by atoms with Crippen LogP contribution in [-0.4, -0.2) is 46.1 Å². The minimum Gasteiger partial charge on any atom is -0.370 e. The molecule has 0 saturated carbocycles. The number of alkyl halides is 3. The summed E-state index contributed by atoms with van der Waals surface area (Å²) in [5.41, 5.74) is 0.503. The van der Waals surface area contributed by atoms with Gasteiger partial charge in [-0.15, -0.1) is 16.4 Å². The fourth-order valence-corrected chi connectivity index (χ4v) is 3.12. The normalized spacial score (nSPS) is 12.7. The number of halogens is 4. The molecular formula is C18H16F4N4O2S. The first-order valence-electron chi connectivity index (χ1n) is 8.45. The lowest BCUT2D eigenvalue weighted by molar-refractivity contribution is -0.174. The van der Waals surface area contributed by atoms with Crippen LogP contribution in [0.5, 0.6) is 0 Å². The molecule has 1 unspecified atom stereocenters. The molecule has 0 saturated heterocycles. The van der Waals surface area contributed by atoms with Crippen LogP contribution in [0.1, 0.15) is 17.5 Å². The monoisotopic (exact) mass is 428 g/mol. The average molecular weight is 428 g/mol. The average Bonchev–Trinajstić information content (AvgIpc) is 3.31. The van der Waals surface area contributed by atoms with Crippen molar-refractivity contribution in [2.75, 3.05) is 13.2 Å². The van der Waals surface area contributed by atoms with Gasteiger partial charge in [-0.05, 0) is 42.6 Å². The predicted molar refractivity (Wildman–Crippen MR) is 98.4 cm³/mol. The molecule has 0 fully saturated rings. The molecule has 0 aliphatic carbocycles. The summed E-state index contributed by atoms with van der Waals surface area (Å²) in [6, 6.07) is 8.43. The van der Waals surface area contributed by atoms with E-state index in [9.17, 15) is 22.4 Å². The highest BCUT2D eigenvalue weighted by atomic mass is 32.1. The molecule has 0 aliphatic heterocycles. The second-order valence-electron chi connectivity index (χ2n) is 6.13. The van der Waals surface area contributed by atoms with Crippen molar-refractivity contribution in [3.05, 3.63) is 53.4 Å². The van der Waals surface area contributed by atoms with Crippen LogP contribution >= 0.6 is 11.3 Å². The summed E-state index contributed by atoms with van der Waals surface area (Å²) in [7, 11) is 0. The van der Waals surface area contributed by atoms with Crippen molar-refractivity contribution >= 4 is 17.2 Å². The highest BCUT2D eigenvalue weighted by molar-refractivity contribution is 7.13. The topological polar surface area (TPSA) is 69.0 Å². The van der Waals surface area contributed by atoms with Crippen LogP contribution < -0.4 is 5.32 Å². The second-order valence-corrected chi connectivity index (χ2v) is 7.08. The fraction of sp³-hybridized carbons (Fsp3) is 0.278. The highest BCUT2D eigenvalue weighted by Crippen LogP contribution is 2.25. The molecule has 29 heavy (non-hydrogen) atoms. The van der Waals surface area contributed by atoms with Gasteiger partial charge < -0.3 is 10.1 Å². The van der Waals surface area contributed by atoms with E-state index in [1.54, 1.807) is 6.07 Å². The first kappa shape index (κ1) is 20.9. The molecule has 1 aromatic carbocycles. The van der Waals surface area contributed by atoms with Gasteiger partial charge in [-0.3, -0.25) is 4.79 Å². The Balaban J connectivity index is 1.78. The molecule has 1 atom stereocenters. The van der Waals surface area contributed by atoms with Gasteiger partial charge in [0.05, 0.1) is 17.2 Å². The quantitative estimate of drug-likeness (QED) is 0.581. The van der Waals surface area contributed by atoms with Crippen LogP contribution in [0.15, 0.2) is 41.8 Å². The van der Waals surface area contributed by atoms with Crippen LogP contribution in [-0.2, 0) is 4.74 Å². The van der Waals surface area contributed by atoms with E-state index in [2.05, 4.69) is 20.1 Å². The minimum atomic E-state index is -4.44. The van der Waals surface area contributed by atoms with Gasteiger partial charge in [-0.25, -0.2) is 14.1 Å². The number of thiophene rings is 1. The number of nitrogens with zero attached hydrogens (tertiary/aromatic N) is 3. The third-order valence-electron chi connectivity index (χ3n) is 3.63. The lowest BCUT2D eigenvalue weighted by Crippen LogP contribution is -2.37. The molecular weight excluding hydrogens is 412 g/mol. The van der Waals surface area contributed by atoms with E-state index >= 15 is 0 Å². The lowest BCUT2D eigenvalue weighted by Gasteiger charge is -2.14. The molecule has 0 aliphatic rings. The number of benzene rings is 1. The number of ether oxygens (including phenoxy) is 1. The summed E-state index contributed by atoms with van der Waals surface area (Å²) in [5, 5.41) is 8.53. The van der Waals surface area contributed by atoms with Gasteiger partial charge in [0, 0.05) is 6.04 Å². The van der Waals surface area contributed by atoms with Crippen LogP contribution in [0.3, 0.4) is 0 Å². The Bertz CT molecular complexity index is 955. The number of rotatable bonds is 7. The maximum absolute atomic E-state index is 13.2. The molecule has 6 nitrogen and oxygen atoms in total. The SMILES string of the molecule is CC(COCC(F)(F)F)NC(=O)c1nc(-c2cccs2)n(-c2ccc(F)cc2)n1. The summed E-state index contributed by atoms with van der Waals surface area (Å²) in [4.78, 5) is 17.4. The van der Waals surface area contributed by atoms with Crippen molar-refractivity contribution in [1.29, 1.82) is 0 Å². The van der Waals surface area contributed by atoms with Crippen molar-refractivity contribution in [2.24, 2.45) is 0 Å². The molecule has 0 radical (unpaired) electrons. The minimum absolute atomic E-state index is 0.166. The predicted octanol–water partition coefficient (Wildman–Crippen LogP) is 3.83. The van der Waals surface area contributed by atoms with Gasteiger partial charge in [0.2, 0.25) is 5.82 Å². The summed E-state index contributed by atoms with van der Waals surface area (Å²) in [6.45, 7) is -0.208. The zero-order valence-corrected chi connectivity index (χ0v) is 15.9. The third kappa shape index (κ3) is 5.61. The zero-order valence-electron chi connectivity index (χ0n) is 15.1. The molecule has 0 spiro atoms. The van der Waals surface area contributed by atoms with E-state index in [1.165, 1.54) is 47.2 Å². The summed E-state index contributed by atoms with van der Waals surface area (Å²) in [5.74, 6) is -0.859. The van der Waals surface area contributed by atoms with Gasteiger partial charge >= 0.3 is 6.18 Å². The van der Waals surface area contributed by atoms with Crippen LogP contribution in [0.2, 0.25) is 0 Å². The van der Waals surface area contributed by atoms with Crippen LogP contribution in [0, 0.1) is 5.82 Å². The first-order chi connectivity index (χ1) is 13.7. The van der Waals surface area contributed by atoms with E-state index in [0.717, 1.165) is 4.88 Å². The van der Waals surface area contributed by atoms with Crippen molar-refractivity contribution in [2.45, 2.75) is 19.1 Å². The first-order valence-corrected chi connectivity index (χ1v) is 9.33. The fourth-order valence-electron chi connectivity index (χ4n) is 2.42. The molecule has 1 N–H and O–H groups in total. The number of hydrogen-bond acceptors (Lipinski definition) is 5. The van der Waals surface area contributed by atoms with Crippen molar-refractivity contribution in [3.8, 4) is 16.4 Å². The lowest BCUT2D eigenvalue weighted by atomic mass is 10.3. The van der Waals surface area contributed by atoms with Crippen molar-refractivity contribution < 1.29 is 27.1 Å². The smallest absolute Gasteiger partial charge is 0.370 e.